The van der Waals surface area contributed by atoms with Gasteiger partial charge in [-0.15, -0.1) is 0 Å². The van der Waals surface area contributed by atoms with Crippen molar-refractivity contribution in [1.29, 1.82) is 0 Å². The van der Waals surface area contributed by atoms with Gasteiger partial charge in [0.1, 0.15) is 11.5 Å². The number of aromatic nitrogens is 1. The first-order valence-corrected chi connectivity index (χ1v) is 16.8. The molecule has 2 aromatic carbocycles. The molecule has 8 heteroatoms. The van der Waals surface area contributed by atoms with Gasteiger partial charge in [-0.3, -0.25) is 0 Å². The molecule has 2 fully saturated rings. The Bertz CT molecular complexity index is 1550. The van der Waals surface area contributed by atoms with Crippen LogP contribution in [0.3, 0.4) is 0 Å². The highest BCUT2D eigenvalue weighted by molar-refractivity contribution is 9.10. The van der Waals surface area contributed by atoms with Gasteiger partial charge in [0.15, 0.2) is 0 Å². The van der Waals surface area contributed by atoms with Gasteiger partial charge < -0.3 is 9.80 Å². The molecule has 2 aliphatic rings. The number of aryl methyl sites for hydroxylation is 2. The van der Waals surface area contributed by atoms with Crippen LogP contribution in [0, 0.1) is 6.92 Å². The Hall–Kier alpha value is -2.87. The molecular weight excluding hydrogens is 642 g/mol. The van der Waals surface area contributed by atoms with Crippen molar-refractivity contribution in [2.75, 3.05) is 18.0 Å². The van der Waals surface area contributed by atoms with E-state index in [1.807, 2.05) is 6.92 Å². The third-order valence-corrected chi connectivity index (χ3v) is 10.6. The number of hydrogen-bond donors (Lipinski definition) is 0. The van der Waals surface area contributed by atoms with Crippen LogP contribution in [0.25, 0.3) is 11.1 Å². The summed E-state index contributed by atoms with van der Waals surface area (Å²) in [6.45, 7) is 17.9. The molecule has 0 spiro atoms. The van der Waals surface area contributed by atoms with Crippen LogP contribution in [0.15, 0.2) is 53.1 Å². The zero-order valence-corrected chi connectivity index (χ0v) is 28.8. The lowest BCUT2D eigenvalue weighted by Gasteiger charge is -2.35. The molecule has 3 nitrogen and oxygen atoms in total. The number of alkyl halides is 4. The van der Waals surface area contributed by atoms with Crippen LogP contribution in [0.2, 0.25) is 0 Å². The van der Waals surface area contributed by atoms with Crippen molar-refractivity contribution in [1.82, 2.24) is 9.88 Å². The van der Waals surface area contributed by atoms with E-state index in [1.165, 1.54) is 36.6 Å². The maximum Gasteiger partial charge on any atom is 0.416 e. The molecule has 242 valence electrons. The zero-order valence-electron chi connectivity index (χ0n) is 27.2. The fraction of sp³-hybridized carbons (Fsp3) is 0.486. The number of rotatable bonds is 9. The fourth-order valence-electron chi connectivity index (χ4n) is 6.78. The molecule has 0 amide bonds. The number of benzene rings is 2. The highest BCUT2D eigenvalue weighted by Crippen LogP contribution is 2.46. The second-order valence-corrected chi connectivity index (χ2v) is 14.0. The first-order valence-electron chi connectivity index (χ1n) is 16.1. The molecule has 1 aromatic heterocycles. The molecule has 2 atom stereocenters. The summed E-state index contributed by atoms with van der Waals surface area (Å²) < 4.78 is 57.9. The number of pyridine rings is 1. The molecule has 0 aliphatic carbocycles. The summed E-state index contributed by atoms with van der Waals surface area (Å²) in [6, 6.07) is 10.3. The summed E-state index contributed by atoms with van der Waals surface area (Å²) in [4.78, 5) is 9.77. The first kappa shape index (κ1) is 33.5. The van der Waals surface area contributed by atoms with Crippen LogP contribution >= 0.6 is 15.9 Å². The highest BCUT2D eigenvalue weighted by atomic mass is 79.9. The summed E-state index contributed by atoms with van der Waals surface area (Å²) in [5.41, 5.74) is 5.54. The molecule has 0 saturated carbocycles. The largest absolute Gasteiger partial charge is 0.416 e. The number of anilines is 1. The van der Waals surface area contributed by atoms with Gasteiger partial charge in [-0.05, 0) is 115 Å². The van der Waals surface area contributed by atoms with Crippen LogP contribution in [-0.4, -0.2) is 29.0 Å². The summed E-state index contributed by atoms with van der Waals surface area (Å²) in [5, 5.41) is 0. The minimum Gasteiger partial charge on any atom is -0.366 e. The Labute approximate surface area is 273 Å². The number of halogens is 5. The summed E-state index contributed by atoms with van der Waals surface area (Å²) >= 11 is 3.90. The van der Waals surface area contributed by atoms with Crippen LogP contribution in [0.1, 0.15) is 98.9 Å². The van der Waals surface area contributed by atoms with E-state index in [1.54, 1.807) is 6.07 Å². The third kappa shape index (κ3) is 6.68. The number of allylic oxidation sites excluding steroid dienone is 1. The standard InChI is InChI=1S/C37H44BrF4N3/c1-8-11-25-12-13-26(9-2)31(17-25)33-23(4)34(38)35(44-14-10-15-44)43-32(33)21-45-22(3)16-30(24(45)5)27-18-28(36(6,7)39)20-29(19-27)37(40,41)42/h12-13,17-20,24,30H,3,8-11,14-16,21H2,1-2,4-7H3. The van der Waals surface area contributed by atoms with Crippen molar-refractivity contribution < 1.29 is 17.6 Å². The molecule has 0 N–H and O–H groups in total. The Morgan fingerprint density at radius 1 is 1.02 bits per heavy atom. The van der Waals surface area contributed by atoms with E-state index in [9.17, 15) is 13.2 Å². The predicted octanol–water partition coefficient (Wildman–Crippen LogP) is 10.7. The Morgan fingerprint density at radius 3 is 2.29 bits per heavy atom. The van der Waals surface area contributed by atoms with E-state index >= 15 is 4.39 Å². The Morgan fingerprint density at radius 2 is 1.71 bits per heavy atom. The Kier molecular flexibility index (Phi) is 9.48. The smallest absolute Gasteiger partial charge is 0.366 e. The van der Waals surface area contributed by atoms with Crippen LogP contribution in [0.4, 0.5) is 23.4 Å². The minimum absolute atomic E-state index is 0.0364. The van der Waals surface area contributed by atoms with Crippen molar-refractivity contribution in [3.63, 3.8) is 0 Å². The normalized spacial score (nSPS) is 19.0. The second-order valence-electron chi connectivity index (χ2n) is 13.2. The number of likely N-dealkylation sites (tertiary alicyclic amines) is 1. The van der Waals surface area contributed by atoms with E-state index in [0.717, 1.165) is 77.6 Å². The van der Waals surface area contributed by atoms with Gasteiger partial charge in [0, 0.05) is 36.3 Å². The summed E-state index contributed by atoms with van der Waals surface area (Å²) in [5.74, 6) is 0.664. The lowest BCUT2D eigenvalue weighted by atomic mass is 9.86. The number of nitrogens with zero attached hydrogens (tertiary/aromatic N) is 3. The van der Waals surface area contributed by atoms with E-state index in [4.69, 9.17) is 4.98 Å². The van der Waals surface area contributed by atoms with Gasteiger partial charge in [0.05, 0.1) is 22.3 Å². The second kappa shape index (κ2) is 12.7. The van der Waals surface area contributed by atoms with Crippen LogP contribution in [-0.2, 0) is 31.2 Å². The summed E-state index contributed by atoms with van der Waals surface area (Å²) in [7, 11) is 0. The molecule has 5 rings (SSSR count). The van der Waals surface area contributed by atoms with Crippen LogP contribution < -0.4 is 4.90 Å². The van der Waals surface area contributed by atoms with Crippen molar-refractivity contribution in [2.24, 2.45) is 0 Å². The van der Waals surface area contributed by atoms with Gasteiger partial charge in [-0.25, -0.2) is 9.37 Å². The predicted molar refractivity (Wildman–Crippen MR) is 179 cm³/mol. The maximum absolute atomic E-state index is 15.0. The van der Waals surface area contributed by atoms with E-state index in [0.29, 0.717) is 18.5 Å². The lowest BCUT2D eigenvalue weighted by Crippen LogP contribution is -2.38. The van der Waals surface area contributed by atoms with E-state index in [-0.39, 0.29) is 17.5 Å². The van der Waals surface area contributed by atoms with Crippen molar-refractivity contribution in [2.45, 2.75) is 104 Å². The van der Waals surface area contributed by atoms with Gasteiger partial charge in [-0.1, -0.05) is 51.1 Å². The molecular formula is C37H44BrF4N3. The average Bonchev–Trinajstić information content (AvgIpc) is 3.22. The fourth-order valence-corrected chi connectivity index (χ4v) is 7.32. The highest BCUT2D eigenvalue weighted by Gasteiger charge is 2.39. The van der Waals surface area contributed by atoms with Crippen molar-refractivity contribution >= 4 is 21.7 Å². The van der Waals surface area contributed by atoms with Crippen LogP contribution in [0.5, 0.6) is 0 Å². The molecule has 3 heterocycles. The molecule has 2 saturated heterocycles. The molecule has 0 radical (unpaired) electrons. The van der Waals surface area contributed by atoms with Crippen molar-refractivity contribution in [3.05, 3.63) is 92.2 Å². The first-order chi connectivity index (χ1) is 21.1. The van der Waals surface area contributed by atoms with E-state index in [2.05, 4.69) is 71.3 Å². The third-order valence-electron chi connectivity index (χ3n) is 9.60. The molecule has 2 unspecified atom stereocenters. The molecule has 0 bridgehead atoms. The minimum atomic E-state index is -4.57. The van der Waals surface area contributed by atoms with E-state index < -0.39 is 17.4 Å². The summed E-state index contributed by atoms with van der Waals surface area (Å²) in [6.07, 6.45) is -0.0367. The maximum atomic E-state index is 15.0. The molecule has 45 heavy (non-hydrogen) atoms. The van der Waals surface area contributed by atoms with Gasteiger partial charge >= 0.3 is 6.18 Å². The lowest BCUT2D eigenvalue weighted by molar-refractivity contribution is -0.137. The molecule has 3 aromatic rings. The van der Waals surface area contributed by atoms with Gasteiger partial charge in [0.2, 0.25) is 0 Å². The Balaban J connectivity index is 1.60. The van der Waals surface area contributed by atoms with Gasteiger partial charge in [0.25, 0.3) is 0 Å². The average molecular weight is 687 g/mol. The topological polar surface area (TPSA) is 19.4 Å². The van der Waals surface area contributed by atoms with Gasteiger partial charge in [-0.2, -0.15) is 13.2 Å². The SMILES string of the molecule is C=C1CC(c2cc(C(C)(C)F)cc(C(F)(F)F)c2)C(C)N1Cc1nc(N2CCC2)c(Br)c(C)c1-c1cc(CCC)ccc1CC. The zero-order chi connectivity index (χ0) is 32.8. The van der Waals surface area contributed by atoms with Crippen molar-refractivity contribution in [3.8, 4) is 11.1 Å². The monoisotopic (exact) mass is 685 g/mol. The molecule has 2 aliphatic heterocycles. The quantitative estimate of drug-likeness (QED) is 0.209. The number of hydrogen-bond acceptors (Lipinski definition) is 3.